The van der Waals surface area contributed by atoms with Gasteiger partial charge in [0.1, 0.15) is 0 Å². The van der Waals surface area contributed by atoms with Crippen molar-refractivity contribution in [3.05, 3.63) is 23.8 Å². The smallest absolute Gasteiger partial charge is 0.244 e. The Morgan fingerprint density at radius 3 is 2.67 bits per heavy atom. The second kappa shape index (κ2) is 5.15. The normalized spacial score (nSPS) is 19.4. The minimum Gasteiger partial charge on any atom is -0.324 e. The number of nitrogens with two attached hydrogens (primary N) is 1. The molecular weight excluding hydrogens is 266 g/mol. The largest absolute Gasteiger partial charge is 0.324 e. The fourth-order valence-electron chi connectivity index (χ4n) is 3.30. The lowest BCUT2D eigenvalue weighted by molar-refractivity contribution is -0.121. The van der Waals surface area contributed by atoms with E-state index in [1.165, 1.54) is 0 Å². The van der Waals surface area contributed by atoms with Crippen LogP contribution in [0.4, 0.5) is 11.4 Å². The van der Waals surface area contributed by atoms with Gasteiger partial charge >= 0.3 is 0 Å². The number of hydrogen-bond acceptors (Lipinski definition) is 3. The van der Waals surface area contributed by atoms with Crippen molar-refractivity contribution in [3.63, 3.8) is 0 Å². The summed E-state index contributed by atoms with van der Waals surface area (Å²) < 4.78 is 0. The van der Waals surface area contributed by atoms with E-state index in [0.29, 0.717) is 6.54 Å². The molecule has 21 heavy (non-hydrogen) atoms. The lowest BCUT2D eigenvalue weighted by atomic mass is 9.98. The maximum Gasteiger partial charge on any atom is 0.244 e. The number of nitrogens with zero attached hydrogens (tertiary/aromatic N) is 1. The molecule has 1 aliphatic heterocycles. The van der Waals surface area contributed by atoms with Gasteiger partial charge in [0, 0.05) is 24.8 Å². The van der Waals surface area contributed by atoms with E-state index >= 15 is 0 Å². The van der Waals surface area contributed by atoms with Crippen LogP contribution in [0.1, 0.15) is 38.2 Å². The molecule has 3 N–H and O–H groups in total. The van der Waals surface area contributed by atoms with Crippen molar-refractivity contribution in [1.29, 1.82) is 0 Å². The number of amides is 2. The standard InChI is InChI=1S/C16H21N3O2/c1-11(20)19-9-6-12-10-13(4-5-14(12)19)18-15(21)16(17)7-2-3-8-16/h4-5,10H,2-3,6-9,17H2,1H3,(H,18,21). The van der Waals surface area contributed by atoms with Gasteiger partial charge in [-0.2, -0.15) is 0 Å². The molecule has 0 spiro atoms. The summed E-state index contributed by atoms with van der Waals surface area (Å²) in [5.74, 6) is -0.0428. The van der Waals surface area contributed by atoms with Gasteiger partial charge < -0.3 is 16.0 Å². The molecule has 1 aromatic rings. The zero-order valence-corrected chi connectivity index (χ0v) is 12.3. The average molecular weight is 287 g/mol. The molecule has 0 saturated heterocycles. The fourth-order valence-corrected chi connectivity index (χ4v) is 3.30. The molecule has 1 saturated carbocycles. The van der Waals surface area contributed by atoms with Crippen LogP contribution in [0.2, 0.25) is 0 Å². The minimum atomic E-state index is -0.718. The van der Waals surface area contributed by atoms with Crippen LogP contribution < -0.4 is 16.0 Å². The molecule has 112 valence electrons. The highest BCUT2D eigenvalue weighted by molar-refractivity contribution is 5.99. The van der Waals surface area contributed by atoms with Crippen LogP contribution in [0.25, 0.3) is 0 Å². The first-order valence-corrected chi connectivity index (χ1v) is 7.51. The Morgan fingerprint density at radius 2 is 2.00 bits per heavy atom. The summed E-state index contributed by atoms with van der Waals surface area (Å²) in [7, 11) is 0. The third kappa shape index (κ3) is 2.53. The number of anilines is 2. The van der Waals surface area contributed by atoms with Gasteiger partial charge in [0.2, 0.25) is 11.8 Å². The summed E-state index contributed by atoms with van der Waals surface area (Å²) in [5.41, 5.74) is 8.25. The lowest BCUT2D eigenvalue weighted by Crippen LogP contribution is -2.48. The van der Waals surface area contributed by atoms with Gasteiger partial charge in [0.05, 0.1) is 5.54 Å². The van der Waals surface area contributed by atoms with Crippen LogP contribution in [0.15, 0.2) is 18.2 Å². The molecule has 3 rings (SSSR count). The number of fused-ring (bicyclic) bond motifs is 1. The quantitative estimate of drug-likeness (QED) is 0.871. The predicted octanol–water partition coefficient (Wildman–Crippen LogP) is 1.81. The highest BCUT2D eigenvalue weighted by atomic mass is 16.2. The SMILES string of the molecule is CC(=O)N1CCc2cc(NC(=O)C3(N)CCCC3)ccc21. The number of carbonyl (C=O) groups excluding carboxylic acids is 2. The summed E-state index contributed by atoms with van der Waals surface area (Å²) in [6.07, 6.45) is 4.36. The van der Waals surface area contributed by atoms with Crippen LogP contribution in [-0.2, 0) is 16.0 Å². The topological polar surface area (TPSA) is 75.4 Å². The molecule has 5 heteroatoms. The summed E-state index contributed by atoms with van der Waals surface area (Å²) in [4.78, 5) is 25.6. The second-order valence-corrected chi connectivity index (χ2v) is 6.08. The molecule has 2 aliphatic rings. The first-order valence-electron chi connectivity index (χ1n) is 7.51. The highest BCUT2D eigenvalue weighted by Gasteiger charge is 2.37. The van der Waals surface area contributed by atoms with Crippen LogP contribution in [-0.4, -0.2) is 23.9 Å². The van der Waals surface area contributed by atoms with E-state index in [-0.39, 0.29) is 11.8 Å². The average Bonchev–Trinajstić information content (AvgIpc) is 3.05. The Labute approximate surface area is 124 Å². The summed E-state index contributed by atoms with van der Waals surface area (Å²) in [6, 6.07) is 5.70. The third-order valence-electron chi connectivity index (χ3n) is 4.56. The Balaban J connectivity index is 1.76. The van der Waals surface area contributed by atoms with Crippen molar-refractivity contribution in [1.82, 2.24) is 0 Å². The van der Waals surface area contributed by atoms with E-state index in [9.17, 15) is 9.59 Å². The fraction of sp³-hybridized carbons (Fsp3) is 0.500. The van der Waals surface area contributed by atoms with E-state index < -0.39 is 5.54 Å². The summed E-state index contributed by atoms with van der Waals surface area (Å²) in [6.45, 7) is 2.28. The summed E-state index contributed by atoms with van der Waals surface area (Å²) in [5, 5.41) is 2.93. The number of carbonyl (C=O) groups is 2. The molecule has 1 fully saturated rings. The Bertz CT molecular complexity index is 591. The molecule has 0 unspecified atom stereocenters. The molecule has 0 atom stereocenters. The van der Waals surface area contributed by atoms with Gasteiger partial charge in [-0.05, 0) is 43.0 Å². The molecule has 0 radical (unpaired) electrons. The third-order valence-corrected chi connectivity index (χ3v) is 4.56. The number of rotatable bonds is 2. The molecule has 1 aliphatic carbocycles. The zero-order chi connectivity index (χ0) is 15.0. The molecule has 0 aromatic heterocycles. The van der Waals surface area contributed by atoms with Gasteiger partial charge in [-0.15, -0.1) is 0 Å². The number of benzene rings is 1. The maximum atomic E-state index is 12.3. The molecule has 5 nitrogen and oxygen atoms in total. The van der Waals surface area contributed by atoms with Crippen molar-refractivity contribution in [3.8, 4) is 0 Å². The second-order valence-electron chi connectivity index (χ2n) is 6.08. The van der Waals surface area contributed by atoms with E-state index in [1.807, 2.05) is 18.2 Å². The van der Waals surface area contributed by atoms with Gasteiger partial charge in [-0.25, -0.2) is 0 Å². The number of hydrogen-bond donors (Lipinski definition) is 2. The maximum absolute atomic E-state index is 12.3. The Hall–Kier alpha value is -1.88. The first-order chi connectivity index (χ1) is 9.99. The molecule has 1 heterocycles. The van der Waals surface area contributed by atoms with Crippen molar-refractivity contribution < 1.29 is 9.59 Å². The van der Waals surface area contributed by atoms with Gasteiger partial charge in [0.15, 0.2) is 0 Å². The van der Waals surface area contributed by atoms with E-state index in [0.717, 1.165) is 49.0 Å². The van der Waals surface area contributed by atoms with Gasteiger partial charge in [-0.3, -0.25) is 9.59 Å². The predicted molar refractivity (Wildman–Crippen MR) is 82.2 cm³/mol. The van der Waals surface area contributed by atoms with E-state index in [2.05, 4.69) is 5.32 Å². The Morgan fingerprint density at radius 1 is 1.29 bits per heavy atom. The van der Waals surface area contributed by atoms with Crippen molar-refractivity contribution >= 4 is 23.2 Å². The molecule has 0 bridgehead atoms. The van der Waals surface area contributed by atoms with Crippen molar-refractivity contribution in [2.45, 2.75) is 44.6 Å². The van der Waals surface area contributed by atoms with E-state index in [4.69, 9.17) is 5.73 Å². The van der Waals surface area contributed by atoms with Gasteiger partial charge in [0.25, 0.3) is 0 Å². The van der Waals surface area contributed by atoms with Crippen molar-refractivity contribution in [2.24, 2.45) is 5.73 Å². The lowest BCUT2D eigenvalue weighted by Gasteiger charge is -2.22. The number of nitrogens with one attached hydrogen (secondary N) is 1. The minimum absolute atomic E-state index is 0.0532. The molecule has 1 aromatic carbocycles. The van der Waals surface area contributed by atoms with Crippen molar-refractivity contribution in [2.75, 3.05) is 16.8 Å². The first kappa shape index (κ1) is 14.1. The van der Waals surface area contributed by atoms with Gasteiger partial charge in [-0.1, -0.05) is 12.8 Å². The monoisotopic (exact) mass is 287 g/mol. The molecular formula is C16H21N3O2. The Kier molecular flexibility index (Phi) is 3.45. The van der Waals surface area contributed by atoms with Crippen LogP contribution >= 0.6 is 0 Å². The van der Waals surface area contributed by atoms with E-state index in [1.54, 1.807) is 11.8 Å². The zero-order valence-electron chi connectivity index (χ0n) is 12.3. The highest BCUT2D eigenvalue weighted by Crippen LogP contribution is 2.32. The summed E-state index contributed by atoms with van der Waals surface area (Å²) >= 11 is 0. The molecule has 2 amide bonds. The van der Waals surface area contributed by atoms with Crippen LogP contribution in [0.3, 0.4) is 0 Å². The van der Waals surface area contributed by atoms with Crippen LogP contribution in [0, 0.1) is 0 Å². The van der Waals surface area contributed by atoms with Crippen LogP contribution in [0.5, 0.6) is 0 Å².